The lowest BCUT2D eigenvalue weighted by molar-refractivity contribution is -0.139. The summed E-state index contributed by atoms with van der Waals surface area (Å²) in [6.07, 6.45) is 0. The van der Waals surface area contributed by atoms with E-state index >= 15 is 0 Å². The Morgan fingerprint density at radius 1 is 1.33 bits per heavy atom. The highest BCUT2D eigenvalue weighted by Gasteiger charge is 2.09. The molecule has 0 rings (SSSR count). The molecule has 0 aliphatic rings. The van der Waals surface area contributed by atoms with E-state index in [1.54, 1.807) is 0 Å². The Morgan fingerprint density at radius 3 is 2.27 bits per heavy atom. The monoisotopic (exact) mass is 241 g/mol. The van der Waals surface area contributed by atoms with Gasteiger partial charge in [0.2, 0.25) is 0 Å². The van der Waals surface area contributed by atoms with Crippen LogP contribution in [0.3, 0.4) is 0 Å². The predicted octanol–water partition coefficient (Wildman–Crippen LogP) is 0.176. The summed E-state index contributed by atoms with van der Waals surface area (Å²) in [5.41, 5.74) is 0.236. The molecule has 0 aliphatic heterocycles. The fourth-order valence-electron chi connectivity index (χ4n) is 0.442. The summed E-state index contributed by atoms with van der Waals surface area (Å²) in [6.45, 7) is 4.37. The minimum absolute atomic E-state index is 0. The van der Waals surface area contributed by atoms with Gasteiger partial charge in [-0.25, -0.2) is 8.98 Å². The molecule has 0 spiro atoms. The van der Waals surface area contributed by atoms with Crippen LogP contribution in [0.5, 0.6) is 0 Å². The molecule has 0 aromatic rings. The highest BCUT2D eigenvalue weighted by Crippen LogP contribution is 1.95. The first-order chi connectivity index (χ1) is 6.39. The molecule has 0 unspecified atom stereocenters. The van der Waals surface area contributed by atoms with Gasteiger partial charge in [0.25, 0.3) is 0 Å². The summed E-state index contributed by atoms with van der Waals surface area (Å²) in [4.78, 5) is 10.8. The quantitative estimate of drug-likeness (QED) is 0.400. The van der Waals surface area contributed by atoms with Gasteiger partial charge in [0.15, 0.2) is 0 Å². The van der Waals surface area contributed by atoms with Crippen LogP contribution < -0.4 is 6.15 Å². The lowest BCUT2D eigenvalue weighted by atomic mass is 10.4. The van der Waals surface area contributed by atoms with Crippen LogP contribution in [-0.2, 0) is 28.3 Å². The van der Waals surface area contributed by atoms with E-state index in [2.05, 4.69) is 19.7 Å². The van der Waals surface area contributed by atoms with E-state index in [9.17, 15) is 13.2 Å². The van der Waals surface area contributed by atoms with Gasteiger partial charge < -0.3 is 10.9 Å². The first kappa shape index (κ1) is 16.5. The van der Waals surface area contributed by atoms with Crippen LogP contribution in [0.1, 0.15) is 6.92 Å². The Hall–Kier alpha value is -0.960. The smallest absolute Gasteiger partial charge is 0.399 e. The SMILES string of the molecule is C=C(C)C(=O)OCCOS(=O)(=O)OC.N. The zero-order valence-corrected chi connectivity index (χ0v) is 9.50. The Labute approximate surface area is 88.9 Å². The van der Waals surface area contributed by atoms with Crippen molar-refractivity contribution < 1.29 is 26.3 Å². The number of esters is 1. The van der Waals surface area contributed by atoms with Gasteiger partial charge >= 0.3 is 16.4 Å². The van der Waals surface area contributed by atoms with Crippen molar-refractivity contribution in [1.82, 2.24) is 6.15 Å². The van der Waals surface area contributed by atoms with Gasteiger partial charge in [-0.2, -0.15) is 8.42 Å². The van der Waals surface area contributed by atoms with E-state index < -0.39 is 16.4 Å². The maximum atomic E-state index is 10.8. The Bertz CT molecular complexity index is 309. The fraction of sp³-hybridized carbons (Fsp3) is 0.571. The molecule has 15 heavy (non-hydrogen) atoms. The normalized spacial score (nSPS) is 10.3. The second kappa shape index (κ2) is 7.35. The Morgan fingerprint density at radius 2 is 1.87 bits per heavy atom. The first-order valence-electron chi connectivity index (χ1n) is 3.66. The molecule has 0 aromatic carbocycles. The molecule has 0 saturated heterocycles. The third-order valence-electron chi connectivity index (χ3n) is 1.10. The predicted molar refractivity (Wildman–Crippen MR) is 52.7 cm³/mol. The third kappa shape index (κ3) is 8.06. The van der Waals surface area contributed by atoms with Crippen LogP contribution in [-0.4, -0.2) is 34.7 Å². The first-order valence-corrected chi connectivity index (χ1v) is 5.00. The summed E-state index contributed by atoms with van der Waals surface area (Å²) < 4.78 is 33.9. The van der Waals surface area contributed by atoms with Crippen molar-refractivity contribution in [2.24, 2.45) is 0 Å². The van der Waals surface area contributed by atoms with Crippen LogP contribution in [0, 0.1) is 0 Å². The lowest BCUT2D eigenvalue weighted by Crippen LogP contribution is -2.15. The summed E-state index contributed by atoms with van der Waals surface area (Å²) >= 11 is 0. The Balaban J connectivity index is 0. The molecule has 8 heteroatoms. The van der Waals surface area contributed by atoms with Gasteiger partial charge in [-0.1, -0.05) is 6.58 Å². The van der Waals surface area contributed by atoms with Crippen LogP contribution in [0.2, 0.25) is 0 Å². The average molecular weight is 241 g/mol. The number of ether oxygens (including phenoxy) is 1. The van der Waals surface area contributed by atoms with Crippen LogP contribution in [0.25, 0.3) is 0 Å². The van der Waals surface area contributed by atoms with Gasteiger partial charge in [-0.3, -0.25) is 4.18 Å². The van der Waals surface area contributed by atoms with Crippen molar-refractivity contribution in [3.8, 4) is 0 Å². The molecule has 90 valence electrons. The number of rotatable bonds is 6. The average Bonchev–Trinajstić information content (AvgIpc) is 2.12. The molecule has 0 saturated carbocycles. The van der Waals surface area contributed by atoms with Crippen molar-refractivity contribution in [1.29, 1.82) is 0 Å². The molecule has 0 radical (unpaired) electrons. The Kier molecular flexibility index (Phi) is 8.07. The number of hydrogen-bond donors (Lipinski definition) is 1. The highest BCUT2D eigenvalue weighted by atomic mass is 32.3. The fourth-order valence-corrected chi connectivity index (χ4v) is 0.810. The largest absolute Gasteiger partial charge is 0.460 e. The second-order valence-electron chi connectivity index (χ2n) is 2.31. The number of carbonyl (C=O) groups excluding carboxylic acids is 1. The summed E-state index contributed by atoms with van der Waals surface area (Å²) in [7, 11) is -2.98. The van der Waals surface area contributed by atoms with Crippen molar-refractivity contribution in [2.75, 3.05) is 20.3 Å². The molecule has 7 nitrogen and oxygen atoms in total. The molecule has 0 amide bonds. The van der Waals surface area contributed by atoms with E-state index in [4.69, 9.17) is 0 Å². The number of carbonyl (C=O) groups is 1. The molecule has 0 aliphatic carbocycles. The van der Waals surface area contributed by atoms with E-state index in [1.807, 2.05) is 0 Å². The summed E-state index contributed by atoms with van der Waals surface area (Å²) in [5, 5.41) is 0. The van der Waals surface area contributed by atoms with E-state index in [0.717, 1.165) is 7.11 Å². The van der Waals surface area contributed by atoms with Gasteiger partial charge in [0.1, 0.15) is 13.2 Å². The van der Waals surface area contributed by atoms with E-state index in [0.29, 0.717) is 0 Å². The zero-order chi connectivity index (χ0) is 11.2. The van der Waals surface area contributed by atoms with Crippen molar-refractivity contribution in [3.63, 3.8) is 0 Å². The maximum absolute atomic E-state index is 10.8. The molecular weight excluding hydrogens is 226 g/mol. The standard InChI is InChI=1S/C7H12O6S.H3N/c1-6(2)7(8)12-4-5-13-14(9,10)11-3;/h1,4-5H2,2-3H3;1H3. The van der Waals surface area contributed by atoms with Crippen molar-refractivity contribution in [2.45, 2.75) is 6.92 Å². The van der Waals surface area contributed by atoms with Gasteiger partial charge in [0, 0.05) is 5.57 Å². The van der Waals surface area contributed by atoms with Crippen LogP contribution in [0.15, 0.2) is 12.2 Å². The van der Waals surface area contributed by atoms with Gasteiger partial charge in [0.05, 0.1) is 7.11 Å². The van der Waals surface area contributed by atoms with Crippen molar-refractivity contribution in [3.05, 3.63) is 12.2 Å². The van der Waals surface area contributed by atoms with Crippen molar-refractivity contribution >= 4 is 16.4 Å². The lowest BCUT2D eigenvalue weighted by Gasteiger charge is -2.04. The topological polar surface area (TPSA) is 114 Å². The molecule has 0 heterocycles. The molecule has 0 aromatic heterocycles. The third-order valence-corrected chi connectivity index (χ3v) is 1.96. The zero-order valence-electron chi connectivity index (χ0n) is 8.69. The van der Waals surface area contributed by atoms with Crippen LogP contribution in [0.4, 0.5) is 0 Å². The molecular formula is C7H15NO6S. The second-order valence-corrected chi connectivity index (χ2v) is 3.70. The highest BCUT2D eigenvalue weighted by molar-refractivity contribution is 7.81. The van der Waals surface area contributed by atoms with Gasteiger partial charge in [-0.05, 0) is 6.92 Å². The van der Waals surface area contributed by atoms with Gasteiger partial charge in [-0.15, -0.1) is 0 Å². The maximum Gasteiger partial charge on any atom is 0.399 e. The summed E-state index contributed by atoms with van der Waals surface area (Å²) in [5.74, 6) is -0.594. The molecule has 0 atom stereocenters. The number of hydrogen-bond acceptors (Lipinski definition) is 7. The molecule has 3 N–H and O–H groups in total. The van der Waals surface area contributed by atoms with E-state index in [1.165, 1.54) is 6.92 Å². The summed E-state index contributed by atoms with van der Waals surface area (Å²) in [6, 6.07) is 0. The van der Waals surface area contributed by atoms with E-state index in [-0.39, 0.29) is 24.9 Å². The van der Waals surface area contributed by atoms with Crippen LogP contribution >= 0.6 is 0 Å². The molecule has 0 fully saturated rings. The molecule has 0 bridgehead atoms. The minimum Gasteiger partial charge on any atom is -0.460 e. The minimum atomic E-state index is -3.95.